The molecule has 4 heterocycles. The van der Waals surface area contributed by atoms with Gasteiger partial charge in [-0.3, -0.25) is 4.68 Å². The molecule has 26 heavy (non-hydrogen) atoms. The summed E-state index contributed by atoms with van der Waals surface area (Å²) in [5.41, 5.74) is 6.62. The molecule has 0 N–H and O–H groups in total. The Morgan fingerprint density at radius 1 is 1.12 bits per heavy atom. The van der Waals surface area contributed by atoms with Crippen molar-refractivity contribution < 1.29 is 0 Å². The number of fused-ring (bicyclic) bond motifs is 2. The minimum atomic E-state index is 0.719. The molecule has 0 bridgehead atoms. The van der Waals surface area contributed by atoms with Crippen molar-refractivity contribution in [2.24, 2.45) is 7.05 Å². The van der Waals surface area contributed by atoms with Crippen LogP contribution in [0.3, 0.4) is 0 Å². The van der Waals surface area contributed by atoms with Crippen molar-refractivity contribution >= 4 is 39.0 Å². The second-order valence-electron chi connectivity index (χ2n) is 5.87. The molecule has 0 aliphatic heterocycles. The van der Waals surface area contributed by atoms with E-state index in [1.54, 1.807) is 38.5 Å². The third-order valence-corrected chi connectivity index (χ3v) is 6.20. The van der Waals surface area contributed by atoms with E-state index in [4.69, 9.17) is 5.10 Å². The molecule has 7 nitrogen and oxygen atoms in total. The van der Waals surface area contributed by atoms with Crippen LogP contribution < -0.4 is 0 Å². The van der Waals surface area contributed by atoms with Crippen LogP contribution in [0.2, 0.25) is 0 Å². The summed E-state index contributed by atoms with van der Waals surface area (Å²) < 4.78 is 4.74. The average Bonchev–Trinajstić information content (AvgIpc) is 3.37. The van der Waals surface area contributed by atoms with Gasteiger partial charge in [-0.15, -0.1) is 21.5 Å². The average molecular weight is 379 g/mol. The molecular formula is C17H13N7S2. The quantitative estimate of drug-likeness (QED) is 0.477. The summed E-state index contributed by atoms with van der Waals surface area (Å²) in [7, 11) is 1.89. The highest BCUT2D eigenvalue weighted by atomic mass is 32.2. The first kappa shape index (κ1) is 15.5. The standard InChI is InChI=1S/C17H13N7S2/c1-10-14(5-3-13-16(10)25-9-18-13)26-17-21-20-15-6-4-12(22-24(15)17)11-7-19-23(2)8-11/h3-9H,1-2H3. The molecule has 5 rings (SSSR count). The fourth-order valence-corrected chi connectivity index (χ4v) is 4.55. The lowest BCUT2D eigenvalue weighted by atomic mass is 10.2. The zero-order valence-corrected chi connectivity index (χ0v) is 15.6. The smallest absolute Gasteiger partial charge is 0.217 e. The lowest BCUT2D eigenvalue weighted by Crippen LogP contribution is -1.96. The largest absolute Gasteiger partial charge is 0.275 e. The normalized spacial score (nSPS) is 11.6. The summed E-state index contributed by atoms with van der Waals surface area (Å²) in [5, 5.41) is 18.2. The molecule has 1 aromatic carbocycles. The van der Waals surface area contributed by atoms with E-state index in [9.17, 15) is 0 Å². The Morgan fingerprint density at radius 3 is 2.88 bits per heavy atom. The molecule has 0 radical (unpaired) electrons. The van der Waals surface area contributed by atoms with Gasteiger partial charge in [-0.25, -0.2) is 4.98 Å². The van der Waals surface area contributed by atoms with Crippen molar-refractivity contribution in [2.75, 3.05) is 0 Å². The topological polar surface area (TPSA) is 73.8 Å². The minimum absolute atomic E-state index is 0.719. The summed E-state index contributed by atoms with van der Waals surface area (Å²) >= 11 is 3.22. The SMILES string of the molecule is Cc1c(Sc2nnc3ccc(-c4cnn(C)c4)nn23)ccc2ncsc12. The third-order valence-electron chi connectivity index (χ3n) is 4.13. The van der Waals surface area contributed by atoms with E-state index in [-0.39, 0.29) is 0 Å². The van der Waals surface area contributed by atoms with Gasteiger partial charge in [0.15, 0.2) is 5.65 Å². The Kier molecular flexibility index (Phi) is 3.50. The van der Waals surface area contributed by atoms with Gasteiger partial charge in [0.05, 0.1) is 27.6 Å². The van der Waals surface area contributed by atoms with Crippen LogP contribution in [0.15, 0.2) is 52.2 Å². The third kappa shape index (κ3) is 2.47. The van der Waals surface area contributed by atoms with Crippen molar-refractivity contribution in [2.45, 2.75) is 17.0 Å². The highest BCUT2D eigenvalue weighted by molar-refractivity contribution is 7.99. The second-order valence-corrected chi connectivity index (χ2v) is 7.73. The number of aryl methyl sites for hydroxylation is 2. The highest BCUT2D eigenvalue weighted by Crippen LogP contribution is 2.34. The summed E-state index contributed by atoms with van der Waals surface area (Å²) in [6.45, 7) is 2.11. The van der Waals surface area contributed by atoms with Crippen LogP contribution in [-0.2, 0) is 7.05 Å². The van der Waals surface area contributed by atoms with E-state index < -0.39 is 0 Å². The maximum absolute atomic E-state index is 4.70. The maximum atomic E-state index is 4.70. The van der Waals surface area contributed by atoms with Gasteiger partial charge < -0.3 is 0 Å². The fraction of sp³-hybridized carbons (Fsp3) is 0.118. The van der Waals surface area contributed by atoms with Gasteiger partial charge in [0, 0.05) is 23.7 Å². The summed E-state index contributed by atoms with van der Waals surface area (Å²) in [5.74, 6) is 0. The molecule has 0 amide bonds. The number of hydrogen-bond acceptors (Lipinski definition) is 7. The first-order chi connectivity index (χ1) is 12.7. The Hall–Kier alpha value is -2.78. The Balaban J connectivity index is 1.58. The van der Waals surface area contributed by atoms with Crippen molar-refractivity contribution in [1.29, 1.82) is 0 Å². The fourth-order valence-electron chi connectivity index (χ4n) is 2.79. The number of aromatic nitrogens is 7. The molecule has 0 aliphatic carbocycles. The van der Waals surface area contributed by atoms with Crippen molar-refractivity contribution in [3.8, 4) is 11.3 Å². The Bertz CT molecular complexity index is 1250. The van der Waals surface area contributed by atoms with Gasteiger partial charge in [0.25, 0.3) is 0 Å². The van der Waals surface area contributed by atoms with Gasteiger partial charge in [-0.05, 0) is 48.5 Å². The molecule has 0 saturated carbocycles. The highest BCUT2D eigenvalue weighted by Gasteiger charge is 2.14. The van der Waals surface area contributed by atoms with E-state index in [1.165, 1.54) is 10.3 Å². The maximum Gasteiger partial charge on any atom is 0.217 e. The molecule has 0 aliphatic rings. The van der Waals surface area contributed by atoms with Gasteiger partial charge in [-0.1, -0.05) is 0 Å². The molecule has 0 spiro atoms. The van der Waals surface area contributed by atoms with E-state index in [0.29, 0.717) is 0 Å². The van der Waals surface area contributed by atoms with Crippen molar-refractivity contribution in [3.63, 3.8) is 0 Å². The molecule has 5 aromatic rings. The number of nitrogens with zero attached hydrogens (tertiary/aromatic N) is 7. The zero-order chi connectivity index (χ0) is 17.7. The molecule has 128 valence electrons. The Labute approximate surface area is 156 Å². The van der Waals surface area contributed by atoms with Crippen LogP contribution in [0.4, 0.5) is 0 Å². The lowest BCUT2D eigenvalue weighted by molar-refractivity contribution is 0.767. The molecule has 4 aromatic heterocycles. The van der Waals surface area contributed by atoms with E-state index >= 15 is 0 Å². The second kappa shape index (κ2) is 5.89. The van der Waals surface area contributed by atoms with Crippen LogP contribution in [0.25, 0.3) is 27.1 Å². The minimum Gasteiger partial charge on any atom is -0.275 e. The summed E-state index contributed by atoms with van der Waals surface area (Å²) in [6.07, 6.45) is 3.74. The summed E-state index contributed by atoms with van der Waals surface area (Å²) in [6, 6.07) is 7.97. The van der Waals surface area contributed by atoms with Gasteiger partial charge in [0.1, 0.15) is 0 Å². The van der Waals surface area contributed by atoms with Gasteiger partial charge >= 0.3 is 0 Å². The monoisotopic (exact) mass is 379 g/mol. The molecule has 0 fully saturated rings. The first-order valence-electron chi connectivity index (χ1n) is 7.91. The zero-order valence-electron chi connectivity index (χ0n) is 14.0. The van der Waals surface area contributed by atoms with Gasteiger partial charge in [-0.2, -0.15) is 14.7 Å². The predicted molar refractivity (Wildman–Crippen MR) is 101 cm³/mol. The van der Waals surface area contributed by atoms with Crippen LogP contribution in [0.1, 0.15) is 5.56 Å². The van der Waals surface area contributed by atoms with E-state index in [2.05, 4.69) is 33.3 Å². The van der Waals surface area contributed by atoms with Crippen LogP contribution in [0, 0.1) is 6.92 Å². The van der Waals surface area contributed by atoms with Crippen LogP contribution >= 0.6 is 23.1 Å². The van der Waals surface area contributed by atoms with Crippen LogP contribution in [-0.4, -0.2) is 34.6 Å². The van der Waals surface area contributed by atoms with E-state index in [1.807, 2.05) is 37.0 Å². The number of rotatable bonds is 3. The molecule has 9 heteroatoms. The molecule has 0 unspecified atom stereocenters. The molecule has 0 atom stereocenters. The van der Waals surface area contributed by atoms with Crippen molar-refractivity contribution in [1.82, 2.24) is 34.6 Å². The molecular weight excluding hydrogens is 366 g/mol. The van der Waals surface area contributed by atoms with E-state index in [0.717, 1.165) is 32.5 Å². The number of thiazole rings is 1. The predicted octanol–water partition coefficient (Wildman–Crippen LogP) is 3.59. The van der Waals surface area contributed by atoms with Crippen LogP contribution in [0.5, 0.6) is 0 Å². The summed E-state index contributed by atoms with van der Waals surface area (Å²) in [4.78, 5) is 5.50. The number of hydrogen-bond donors (Lipinski definition) is 0. The molecule has 0 saturated heterocycles. The lowest BCUT2D eigenvalue weighted by Gasteiger charge is -2.05. The number of benzene rings is 1. The first-order valence-corrected chi connectivity index (χ1v) is 9.61. The van der Waals surface area contributed by atoms with Gasteiger partial charge in [0.2, 0.25) is 5.16 Å². The van der Waals surface area contributed by atoms with Crippen molar-refractivity contribution in [3.05, 3.63) is 47.7 Å². The Morgan fingerprint density at radius 2 is 2.04 bits per heavy atom.